The number of hydrogen-bond acceptors (Lipinski definition) is 6. The highest BCUT2D eigenvalue weighted by atomic mass is 15.4. The molecule has 198 valence electrons. The predicted molar refractivity (Wildman–Crippen MR) is 151 cm³/mol. The molecule has 1 saturated carbocycles. The highest BCUT2D eigenvalue weighted by molar-refractivity contribution is 5.82. The lowest BCUT2D eigenvalue weighted by molar-refractivity contribution is 0.170. The number of benzene rings is 1. The first kappa shape index (κ1) is 25.5. The topological polar surface area (TPSA) is 64.8 Å². The Bertz CT molecular complexity index is 1130. The average Bonchev–Trinajstić information content (AvgIpc) is 3.61. The highest BCUT2D eigenvalue weighted by Gasteiger charge is 2.38. The van der Waals surface area contributed by atoms with Gasteiger partial charge in [0, 0.05) is 44.1 Å². The number of rotatable bonds is 6. The van der Waals surface area contributed by atoms with E-state index in [0.717, 1.165) is 55.7 Å². The van der Waals surface area contributed by atoms with Crippen LogP contribution >= 0.6 is 0 Å². The molecule has 2 aliphatic heterocycles. The first-order chi connectivity index (χ1) is 18.0. The Kier molecular flexibility index (Phi) is 7.65. The van der Waals surface area contributed by atoms with Crippen LogP contribution in [0.4, 0.5) is 5.69 Å². The third-order valence-corrected chi connectivity index (χ3v) is 8.23. The van der Waals surface area contributed by atoms with Gasteiger partial charge in [-0.1, -0.05) is 38.5 Å². The smallest absolute Gasteiger partial charge is 0.160 e. The molecule has 2 unspecified atom stereocenters. The maximum absolute atomic E-state index is 4.94. The number of piperazine rings is 1. The first-order valence-electron chi connectivity index (χ1n) is 13.9. The molecule has 1 aromatic heterocycles. The normalized spacial score (nSPS) is 23.6. The van der Waals surface area contributed by atoms with Gasteiger partial charge in [0.25, 0.3) is 0 Å². The molecule has 0 bridgehead atoms. The number of amidine groups is 1. The van der Waals surface area contributed by atoms with Crippen molar-refractivity contribution in [2.45, 2.75) is 71.0 Å². The van der Waals surface area contributed by atoms with E-state index in [-0.39, 0.29) is 12.1 Å². The van der Waals surface area contributed by atoms with Crippen molar-refractivity contribution in [1.82, 2.24) is 29.9 Å². The van der Waals surface area contributed by atoms with Crippen LogP contribution < -0.4 is 10.2 Å². The standard InChI is InChI=1S/C29H42N8/c1-6-27-29-33-31-20-36(29)28(22(3)37(27)26-9-7-8-10-26)19-30-23(4)32-21(2)24-11-13-25(14-12-24)35-17-15-34(5)16-18-35/h11-14,19-21,26-27H,3,6-10,15-18H2,1-2,4-5H3,(H,30,32)/b28-19+. The van der Waals surface area contributed by atoms with Crippen LogP contribution in [0.2, 0.25) is 0 Å². The van der Waals surface area contributed by atoms with E-state index in [2.05, 4.69) is 86.5 Å². The van der Waals surface area contributed by atoms with Gasteiger partial charge in [0.05, 0.1) is 29.3 Å². The number of nitrogens with zero attached hydrogens (tertiary/aromatic N) is 7. The van der Waals surface area contributed by atoms with Crippen molar-refractivity contribution in [2.24, 2.45) is 4.99 Å². The van der Waals surface area contributed by atoms with Crippen molar-refractivity contribution in [1.29, 1.82) is 0 Å². The summed E-state index contributed by atoms with van der Waals surface area (Å²) in [4.78, 5) is 12.3. The third kappa shape index (κ3) is 5.30. The zero-order valence-corrected chi connectivity index (χ0v) is 22.9. The summed E-state index contributed by atoms with van der Waals surface area (Å²) < 4.78 is 2.09. The van der Waals surface area contributed by atoms with Crippen LogP contribution in [-0.2, 0) is 0 Å². The lowest BCUT2D eigenvalue weighted by atomic mass is 10.0. The number of fused-ring (bicyclic) bond motifs is 1. The summed E-state index contributed by atoms with van der Waals surface area (Å²) in [6, 6.07) is 9.70. The molecule has 1 aromatic carbocycles. The van der Waals surface area contributed by atoms with Gasteiger partial charge in [0.2, 0.25) is 0 Å². The maximum Gasteiger partial charge on any atom is 0.160 e. The van der Waals surface area contributed by atoms with Crippen LogP contribution in [0.25, 0.3) is 5.70 Å². The van der Waals surface area contributed by atoms with Gasteiger partial charge in [-0.15, -0.1) is 10.2 Å². The highest BCUT2D eigenvalue weighted by Crippen LogP contribution is 2.42. The molecule has 37 heavy (non-hydrogen) atoms. The molecule has 1 N–H and O–H groups in total. The SMILES string of the molecule is C=C1/C(=C\NC(C)=NC(C)c2ccc(N3CCN(C)CC3)cc2)n2cnnc2C(CC)N1C1CCCC1. The molecule has 0 amide bonds. The first-order valence-corrected chi connectivity index (χ1v) is 13.9. The van der Waals surface area contributed by atoms with Gasteiger partial charge >= 0.3 is 0 Å². The van der Waals surface area contributed by atoms with Crippen molar-refractivity contribution in [3.8, 4) is 0 Å². The molecule has 8 nitrogen and oxygen atoms in total. The Hall–Kier alpha value is -3.13. The predicted octanol–water partition coefficient (Wildman–Crippen LogP) is 4.82. The number of aromatic nitrogens is 3. The number of nitrogens with one attached hydrogen (secondary N) is 1. The minimum Gasteiger partial charge on any atom is -0.369 e. The van der Waals surface area contributed by atoms with Crippen LogP contribution in [0.5, 0.6) is 0 Å². The fourth-order valence-electron chi connectivity index (χ4n) is 6.03. The fourth-order valence-corrected chi connectivity index (χ4v) is 6.03. The zero-order valence-electron chi connectivity index (χ0n) is 22.9. The Morgan fingerprint density at radius 1 is 1.16 bits per heavy atom. The minimum atomic E-state index is 0.0620. The van der Waals surface area contributed by atoms with E-state index >= 15 is 0 Å². The molecule has 2 atom stereocenters. The van der Waals surface area contributed by atoms with Gasteiger partial charge in [-0.25, -0.2) is 0 Å². The molecule has 0 radical (unpaired) electrons. The fraction of sp³-hybridized carbons (Fsp3) is 0.552. The van der Waals surface area contributed by atoms with E-state index in [9.17, 15) is 0 Å². The van der Waals surface area contributed by atoms with Gasteiger partial charge in [-0.2, -0.15) is 0 Å². The summed E-state index contributed by atoms with van der Waals surface area (Å²) >= 11 is 0. The molecule has 3 aliphatic rings. The molecule has 5 rings (SSSR count). The Morgan fingerprint density at radius 2 is 1.86 bits per heavy atom. The summed E-state index contributed by atoms with van der Waals surface area (Å²) in [6.07, 6.45) is 9.82. The van der Waals surface area contributed by atoms with E-state index in [4.69, 9.17) is 4.99 Å². The van der Waals surface area contributed by atoms with Crippen LogP contribution in [-0.4, -0.2) is 69.7 Å². The van der Waals surface area contributed by atoms with Crippen molar-refractivity contribution in [3.63, 3.8) is 0 Å². The van der Waals surface area contributed by atoms with E-state index < -0.39 is 0 Å². The quantitative estimate of drug-likeness (QED) is 0.451. The van der Waals surface area contributed by atoms with Gasteiger partial charge in [0.15, 0.2) is 5.82 Å². The number of hydrogen-bond donors (Lipinski definition) is 1. The monoisotopic (exact) mass is 502 g/mol. The van der Waals surface area contributed by atoms with Crippen molar-refractivity contribution in [2.75, 3.05) is 38.1 Å². The van der Waals surface area contributed by atoms with Crippen molar-refractivity contribution < 1.29 is 0 Å². The number of allylic oxidation sites excluding steroid dienone is 1. The second-order valence-corrected chi connectivity index (χ2v) is 10.7. The number of likely N-dealkylation sites (N-methyl/N-ethyl adjacent to an activating group) is 1. The lowest BCUT2D eigenvalue weighted by Gasteiger charge is -2.43. The van der Waals surface area contributed by atoms with Crippen LogP contribution in [0.1, 0.15) is 76.3 Å². The second kappa shape index (κ2) is 11.1. The second-order valence-electron chi connectivity index (χ2n) is 10.7. The molecule has 2 aromatic rings. The molecule has 2 fully saturated rings. The summed E-state index contributed by atoms with van der Waals surface area (Å²) in [6.45, 7) is 15.3. The van der Waals surface area contributed by atoms with Crippen LogP contribution in [0.3, 0.4) is 0 Å². The maximum atomic E-state index is 4.94. The average molecular weight is 503 g/mol. The van der Waals surface area contributed by atoms with E-state index in [1.54, 1.807) is 6.33 Å². The zero-order chi connectivity index (χ0) is 25.9. The van der Waals surface area contributed by atoms with Crippen LogP contribution in [0.15, 0.2) is 54.1 Å². The largest absolute Gasteiger partial charge is 0.369 e. The van der Waals surface area contributed by atoms with Gasteiger partial charge < -0.3 is 20.0 Å². The van der Waals surface area contributed by atoms with Crippen molar-refractivity contribution in [3.05, 3.63) is 60.5 Å². The van der Waals surface area contributed by atoms with Crippen molar-refractivity contribution >= 4 is 17.2 Å². The molecular formula is C29H42N8. The minimum absolute atomic E-state index is 0.0620. The Labute approximate surface area is 221 Å². The molecule has 3 heterocycles. The number of anilines is 1. The number of aliphatic imine (C=N–C) groups is 1. The van der Waals surface area contributed by atoms with E-state index in [0.29, 0.717) is 6.04 Å². The summed E-state index contributed by atoms with van der Waals surface area (Å²) in [5, 5.41) is 12.2. The van der Waals surface area contributed by atoms with Gasteiger partial charge in [0.1, 0.15) is 6.33 Å². The van der Waals surface area contributed by atoms with E-state index in [1.165, 1.54) is 36.9 Å². The van der Waals surface area contributed by atoms with Crippen LogP contribution in [0, 0.1) is 0 Å². The molecule has 1 aliphatic carbocycles. The lowest BCUT2D eigenvalue weighted by Crippen LogP contribution is -2.44. The summed E-state index contributed by atoms with van der Waals surface area (Å²) in [7, 11) is 2.19. The third-order valence-electron chi connectivity index (χ3n) is 8.23. The Balaban J connectivity index is 1.29. The molecule has 0 spiro atoms. The summed E-state index contributed by atoms with van der Waals surface area (Å²) in [5.74, 6) is 1.87. The van der Waals surface area contributed by atoms with Gasteiger partial charge in [-0.3, -0.25) is 9.56 Å². The molecular weight excluding hydrogens is 460 g/mol. The molecule has 1 saturated heterocycles. The van der Waals surface area contributed by atoms with Gasteiger partial charge in [-0.05, 0) is 57.9 Å². The summed E-state index contributed by atoms with van der Waals surface area (Å²) in [5.41, 5.74) is 4.55. The Morgan fingerprint density at radius 3 is 2.54 bits per heavy atom. The molecule has 8 heteroatoms. The van der Waals surface area contributed by atoms with E-state index in [1.807, 2.05) is 13.1 Å².